The summed E-state index contributed by atoms with van der Waals surface area (Å²) in [7, 11) is 0. The van der Waals surface area contributed by atoms with Gasteiger partial charge < -0.3 is 14.5 Å². The first-order chi connectivity index (χ1) is 11.2. The highest BCUT2D eigenvalue weighted by Gasteiger charge is 2.28. The van der Waals surface area contributed by atoms with E-state index in [4.69, 9.17) is 10.3 Å². The van der Waals surface area contributed by atoms with Crippen LogP contribution in [0.25, 0.3) is 10.4 Å². The van der Waals surface area contributed by atoms with Gasteiger partial charge in [0.2, 0.25) is 0 Å². The molecule has 1 aliphatic heterocycles. The van der Waals surface area contributed by atoms with Crippen LogP contribution in [0, 0.1) is 11.6 Å². The van der Waals surface area contributed by atoms with Gasteiger partial charge in [-0.2, -0.15) is 0 Å². The van der Waals surface area contributed by atoms with Crippen molar-refractivity contribution in [1.82, 2.24) is 4.90 Å². The molecule has 1 saturated heterocycles. The molecule has 2 rings (SSSR count). The summed E-state index contributed by atoms with van der Waals surface area (Å²) in [5.41, 5.74) is 7.44. The number of anilines is 1. The third-order valence-electron chi connectivity index (χ3n) is 3.41. The lowest BCUT2D eigenvalue weighted by molar-refractivity contribution is 0.0240. The molecule has 0 atom stereocenters. The molecule has 1 fully saturated rings. The maximum Gasteiger partial charge on any atom is 0.410 e. The first kappa shape index (κ1) is 17.8. The largest absolute Gasteiger partial charge is 0.444 e. The van der Waals surface area contributed by atoms with Gasteiger partial charge in [-0.05, 0) is 38.4 Å². The fourth-order valence-electron chi connectivity index (χ4n) is 2.40. The van der Waals surface area contributed by atoms with Crippen LogP contribution in [0.1, 0.15) is 20.8 Å². The molecular formula is C15H19F2N5O2. The van der Waals surface area contributed by atoms with Crippen molar-refractivity contribution in [3.63, 3.8) is 0 Å². The van der Waals surface area contributed by atoms with Gasteiger partial charge in [0, 0.05) is 36.8 Å². The number of halogens is 2. The minimum absolute atomic E-state index is 0.122. The Labute approximate surface area is 138 Å². The monoisotopic (exact) mass is 339 g/mol. The first-order valence-corrected chi connectivity index (χ1v) is 7.48. The van der Waals surface area contributed by atoms with Crippen LogP contribution in [-0.2, 0) is 4.74 Å². The number of piperazine rings is 1. The maximum atomic E-state index is 14.1. The topological polar surface area (TPSA) is 81.5 Å². The predicted molar refractivity (Wildman–Crippen MR) is 85.2 cm³/mol. The van der Waals surface area contributed by atoms with Crippen LogP contribution >= 0.6 is 0 Å². The molecule has 0 radical (unpaired) electrons. The van der Waals surface area contributed by atoms with Crippen molar-refractivity contribution >= 4 is 17.5 Å². The molecule has 0 aromatic heterocycles. The Kier molecular flexibility index (Phi) is 5.14. The Hall–Kier alpha value is -2.54. The minimum atomic E-state index is -0.803. The molecule has 0 aliphatic carbocycles. The van der Waals surface area contributed by atoms with E-state index in [1.807, 2.05) is 0 Å². The number of benzene rings is 1. The average molecular weight is 339 g/mol. The number of amides is 1. The highest BCUT2D eigenvalue weighted by atomic mass is 19.1. The van der Waals surface area contributed by atoms with Crippen molar-refractivity contribution < 1.29 is 18.3 Å². The summed E-state index contributed by atoms with van der Waals surface area (Å²) in [5.74, 6) is -1.61. The summed E-state index contributed by atoms with van der Waals surface area (Å²) in [5, 5.41) is 3.20. The molecule has 130 valence electrons. The number of azide groups is 1. The van der Waals surface area contributed by atoms with Crippen LogP contribution in [0.4, 0.5) is 25.0 Å². The molecule has 9 heteroatoms. The summed E-state index contributed by atoms with van der Waals surface area (Å²) in [6.07, 6.45) is -0.443. The molecule has 0 spiro atoms. The maximum absolute atomic E-state index is 14.1. The lowest BCUT2D eigenvalue weighted by Gasteiger charge is -2.36. The van der Waals surface area contributed by atoms with E-state index in [1.165, 1.54) is 9.80 Å². The third kappa shape index (κ3) is 4.26. The molecule has 1 heterocycles. The van der Waals surface area contributed by atoms with Crippen LogP contribution in [-0.4, -0.2) is 42.8 Å². The van der Waals surface area contributed by atoms with Crippen LogP contribution in [0.2, 0.25) is 0 Å². The Bertz CT molecular complexity index is 652. The minimum Gasteiger partial charge on any atom is -0.444 e. The van der Waals surface area contributed by atoms with Gasteiger partial charge in [-0.3, -0.25) is 0 Å². The van der Waals surface area contributed by atoms with E-state index in [1.54, 1.807) is 20.8 Å². The predicted octanol–water partition coefficient (Wildman–Crippen LogP) is 3.96. The SMILES string of the molecule is CC(C)(C)OC(=O)N1CCN(c2c(F)cc(N=[N+]=[N-])cc2F)CC1. The molecule has 1 aromatic carbocycles. The van der Waals surface area contributed by atoms with Crippen LogP contribution in [0.15, 0.2) is 17.2 Å². The number of rotatable bonds is 2. The molecule has 1 amide bonds. The second-order valence-corrected chi connectivity index (χ2v) is 6.40. The highest BCUT2D eigenvalue weighted by molar-refractivity contribution is 5.68. The summed E-state index contributed by atoms with van der Waals surface area (Å²) >= 11 is 0. The van der Waals surface area contributed by atoms with Crippen LogP contribution < -0.4 is 4.90 Å². The second-order valence-electron chi connectivity index (χ2n) is 6.40. The number of carbonyl (C=O) groups excluding carboxylic acids is 1. The number of carbonyl (C=O) groups is 1. The van der Waals surface area contributed by atoms with Gasteiger partial charge >= 0.3 is 6.09 Å². The molecule has 1 aromatic rings. The van der Waals surface area contributed by atoms with Crippen molar-refractivity contribution in [3.8, 4) is 0 Å². The van der Waals surface area contributed by atoms with E-state index < -0.39 is 23.3 Å². The van der Waals surface area contributed by atoms with Gasteiger partial charge in [0.25, 0.3) is 0 Å². The van der Waals surface area contributed by atoms with Gasteiger partial charge in [0.1, 0.15) is 22.9 Å². The third-order valence-corrected chi connectivity index (χ3v) is 3.41. The molecular weight excluding hydrogens is 320 g/mol. The summed E-state index contributed by atoms with van der Waals surface area (Å²) in [4.78, 5) is 17.5. The van der Waals surface area contributed by atoms with Crippen molar-refractivity contribution in [1.29, 1.82) is 0 Å². The molecule has 0 unspecified atom stereocenters. The van der Waals surface area contributed by atoms with Gasteiger partial charge in [-0.25, -0.2) is 13.6 Å². The Morgan fingerprint density at radius 3 is 2.21 bits per heavy atom. The summed E-state index contributed by atoms with van der Waals surface area (Å²) in [6, 6.07) is 1.97. The Morgan fingerprint density at radius 1 is 1.21 bits per heavy atom. The van der Waals surface area contributed by atoms with Crippen LogP contribution in [0.3, 0.4) is 0 Å². The van der Waals surface area contributed by atoms with Crippen molar-refractivity contribution in [2.24, 2.45) is 5.11 Å². The number of hydrogen-bond donors (Lipinski definition) is 0. The summed E-state index contributed by atoms with van der Waals surface area (Å²) < 4.78 is 33.5. The zero-order valence-corrected chi connectivity index (χ0v) is 13.8. The standard InChI is InChI=1S/C15H19F2N5O2/c1-15(2,3)24-14(23)22-6-4-21(5-7-22)13-11(16)8-10(19-20-18)9-12(13)17/h8-9H,4-7H2,1-3H3. The van der Waals surface area contributed by atoms with Gasteiger partial charge in [0.05, 0.1) is 0 Å². The zero-order chi connectivity index (χ0) is 17.9. The van der Waals surface area contributed by atoms with E-state index in [9.17, 15) is 13.6 Å². The first-order valence-electron chi connectivity index (χ1n) is 7.48. The van der Waals surface area contributed by atoms with E-state index >= 15 is 0 Å². The fourth-order valence-corrected chi connectivity index (χ4v) is 2.40. The van der Waals surface area contributed by atoms with Crippen molar-refractivity contribution in [3.05, 3.63) is 34.2 Å². The summed E-state index contributed by atoms with van der Waals surface area (Å²) in [6.45, 7) is 6.46. The van der Waals surface area contributed by atoms with Crippen molar-refractivity contribution in [2.75, 3.05) is 31.1 Å². The van der Waals surface area contributed by atoms with E-state index in [-0.39, 0.29) is 24.5 Å². The zero-order valence-electron chi connectivity index (χ0n) is 13.8. The lowest BCUT2D eigenvalue weighted by atomic mass is 10.2. The van der Waals surface area contributed by atoms with Crippen LogP contribution in [0.5, 0.6) is 0 Å². The average Bonchev–Trinajstić information content (AvgIpc) is 2.45. The molecule has 1 aliphatic rings. The van der Waals surface area contributed by atoms with Gasteiger partial charge in [0.15, 0.2) is 0 Å². The van der Waals surface area contributed by atoms with E-state index in [0.717, 1.165) is 12.1 Å². The number of hydrogen-bond acceptors (Lipinski definition) is 4. The molecule has 0 N–H and O–H groups in total. The normalized spacial score (nSPS) is 15.0. The number of nitrogens with zero attached hydrogens (tertiary/aromatic N) is 5. The van der Waals surface area contributed by atoms with E-state index in [0.29, 0.717) is 13.1 Å². The quantitative estimate of drug-likeness (QED) is 0.464. The second kappa shape index (κ2) is 6.92. The molecule has 0 bridgehead atoms. The highest BCUT2D eigenvalue weighted by Crippen LogP contribution is 2.29. The fraction of sp³-hybridized carbons (Fsp3) is 0.533. The molecule has 7 nitrogen and oxygen atoms in total. The van der Waals surface area contributed by atoms with Crippen molar-refractivity contribution in [2.45, 2.75) is 26.4 Å². The molecule has 24 heavy (non-hydrogen) atoms. The molecule has 0 saturated carbocycles. The van der Waals surface area contributed by atoms with Gasteiger partial charge in [-0.15, -0.1) is 0 Å². The smallest absolute Gasteiger partial charge is 0.410 e. The lowest BCUT2D eigenvalue weighted by Crippen LogP contribution is -2.50. The van der Waals surface area contributed by atoms with Gasteiger partial charge in [-0.1, -0.05) is 5.11 Å². The number of ether oxygens (including phenoxy) is 1. The Morgan fingerprint density at radius 2 is 1.75 bits per heavy atom. The van der Waals surface area contributed by atoms with E-state index in [2.05, 4.69) is 10.0 Å². The Balaban J connectivity index is 2.07.